The fourth-order valence-electron chi connectivity index (χ4n) is 17.5. The summed E-state index contributed by atoms with van der Waals surface area (Å²) in [7, 11) is 0. The second-order valence-corrected chi connectivity index (χ2v) is 31.2. The van der Waals surface area contributed by atoms with Gasteiger partial charge in [-0.05, 0) is 196 Å². The molecule has 112 heavy (non-hydrogen) atoms. The summed E-state index contributed by atoms with van der Waals surface area (Å²) in [4.78, 5) is 3.75. The molecule has 4 aliphatic heterocycles. The summed E-state index contributed by atoms with van der Waals surface area (Å²) in [5.74, 6) is 0.169. The second kappa shape index (κ2) is 24.8. The SMILES string of the molecule is [2H]c1c([2H])c([2H])c(-c2c([2H])c([2H])c3c(c2[2H])c2c([2H])c([2H])c([2H])c4c2n3-c2cc3c(c5c2B4c2ccc(-c4ccccc4)cc2O5)N(c2c(-c4ccccc4)cc(C(C)(C)C)cc2-c2ccccc2)c2cc(C([2H])([2H])[2H])cc4c2B3c2c([2H])c([2H])c(-n3c5c([2H])c([2H])c([2H])c([2H])c5c5c([2H])c([2H])c([2H])c([2H])c53)c([2H])c2N4c2c(-c3ccccc3)cc(C(C)(C)C)cc2-c2ccccc2)c([2H])c1[2H]. The predicted molar refractivity (Wildman–Crippen MR) is 475 cm³/mol. The van der Waals surface area contributed by atoms with Crippen molar-refractivity contribution in [1.29, 1.82) is 0 Å². The van der Waals surface area contributed by atoms with E-state index in [4.69, 9.17) is 8.85 Å². The van der Waals surface area contributed by atoms with Crippen molar-refractivity contribution in [3.05, 3.63) is 362 Å². The number of hydrogen-bond donors (Lipinski definition) is 0. The van der Waals surface area contributed by atoms with Crippen LogP contribution in [0.1, 0.15) is 92.5 Å². The van der Waals surface area contributed by atoms with Gasteiger partial charge in [0.2, 0.25) is 0 Å². The standard InChI is InChI=1S/C105H78B2N4O/c1-65-55-93-97-94(56-65)111(100-82(70-39-22-12-23-40-70)61-75(105(5,6)7)62-83(100)71-41-24-13-25-42-71)102-88(64-95-98-103(102)112-96-58-73(67-33-16-9-17-34-67)49-52-86(96)107(98)87-46-30-45-79-84-57-72(66-31-14-8-15-32-66)50-54-91(84)109(95)101(79)87)106(97)85-53-51-76(108-89-47-28-26-43-77(89)78-44-27-29-48-90(78)108)63-92(85)110(93)99-80(68-35-18-10-19-36-68)59-74(104(2,3)4)60-81(99)69-37-20-11-21-38-69/h8-64H,1-7H3/i1D3,8D,14D,15D,26D,27D,28D,29D,30D,31D,32D,43D,44D,45D,46D,47D,48D,50D,51D,53D,54D,57D,63D. The number of ether oxygens (including phenoxy) is 1. The molecular formula is C105H78B2N4O. The van der Waals surface area contributed by atoms with E-state index in [2.05, 4.69) is 53.7 Å². The highest BCUT2D eigenvalue weighted by Gasteiger charge is 2.51. The quantitative estimate of drug-likeness (QED) is 0.135. The van der Waals surface area contributed by atoms with Gasteiger partial charge in [0.25, 0.3) is 13.4 Å². The van der Waals surface area contributed by atoms with Gasteiger partial charge in [0.05, 0.1) is 63.8 Å². The smallest absolute Gasteiger partial charge is 0.256 e. The van der Waals surface area contributed by atoms with Gasteiger partial charge in [-0.1, -0.05) is 302 Å². The third kappa shape index (κ3) is 9.98. The topological polar surface area (TPSA) is 25.6 Å². The van der Waals surface area contributed by atoms with Crippen molar-refractivity contribution in [2.75, 3.05) is 9.80 Å². The van der Waals surface area contributed by atoms with Gasteiger partial charge in [-0.2, -0.15) is 0 Å². The molecule has 0 radical (unpaired) electrons. The van der Waals surface area contributed by atoms with Crippen molar-refractivity contribution >= 4 is 124 Å². The van der Waals surface area contributed by atoms with Crippen LogP contribution in [0, 0.1) is 6.85 Å². The summed E-state index contributed by atoms with van der Waals surface area (Å²) < 4.78 is 262. The van der Waals surface area contributed by atoms with Crippen molar-refractivity contribution in [3.63, 3.8) is 0 Å². The van der Waals surface area contributed by atoms with E-state index in [1.165, 1.54) is 0 Å². The van der Waals surface area contributed by atoms with E-state index in [-0.39, 0.29) is 111 Å². The highest BCUT2D eigenvalue weighted by Crippen LogP contribution is 2.57. The predicted octanol–water partition coefficient (Wildman–Crippen LogP) is 23.8. The fourth-order valence-corrected chi connectivity index (χ4v) is 17.5. The Morgan fingerprint density at radius 1 is 0.330 bits per heavy atom. The lowest BCUT2D eigenvalue weighted by atomic mass is 9.31. The van der Waals surface area contributed by atoms with Crippen molar-refractivity contribution < 1.29 is 39.0 Å². The Labute approximate surface area is 689 Å². The van der Waals surface area contributed by atoms with E-state index in [1.807, 2.05) is 187 Å². The first kappa shape index (κ1) is 45.0. The summed E-state index contributed by atoms with van der Waals surface area (Å²) >= 11 is 0. The molecule has 0 saturated carbocycles. The lowest BCUT2D eigenvalue weighted by Gasteiger charge is -2.47. The number of aromatic nitrogens is 2. The zero-order valence-electron chi connectivity index (χ0n) is 86.6. The Morgan fingerprint density at radius 3 is 1.40 bits per heavy atom. The molecule has 4 aliphatic rings. The molecule has 0 amide bonds. The van der Waals surface area contributed by atoms with E-state index in [9.17, 15) is 30.2 Å². The van der Waals surface area contributed by atoms with Crippen LogP contribution in [0.3, 0.4) is 0 Å². The van der Waals surface area contributed by atoms with Crippen LogP contribution in [0.5, 0.6) is 11.5 Å². The Kier molecular flexibility index (Phi) is 9.97. The number of anilines is 6. The molecule has 0 aliphatic carbocycles. The second-order valence-electron chi connectivity index (χ2n) is 31.2. The van der Waals surface area contributed by atoms with Gasteiger partial charge in [0.1, 0.15) is 11.5 Å². The first-order chi connectivity index (χ1) is 65.1. The molecule has 0 atom stereocenters. The Hall–Kier alpha value is -13.4. The van der Waals surface area contributed by atoms with E-state index >= 15 is 0 Å². The molecular weight excluding hydrogens is 1350 g/mol. The normalized spacial score (nSPS) is 16.4. The maximum absolute atomic E-state index is 12.0. The minimum absolute atomic E-state index is 0.00575. The zero-order chi connectivity index (χ0) is 96.6. The molecule has 530 valence electrons. The lowest BCUT2D eigenvalue weighted by Crippen LogP contribution is -2.64. The first-order valence-electron chi connectivity index (χ1n) is 49.9. The third-order valence-electron chi connectivity index (χ3n) is 22.6. The van der Waals surface area contributed by atoms with Crippen molar-refractivity contribution in [1.82, 2.24) is 9.13 Å². The Balaban J connectivity index is 1.02. The van der Waals surface area contributed by atoms with Crippen LogP contribution in [0.25, 0.3) is 122 Å². The molecule has 0 fully saturated rings. The first-order valence-corrected chi connectivity index (χ1v) is 37.4. The summed E-state index contributed by atoms with van der Waals surface area (Å²) in [5, 5.41) is -1.22. The molecule has 22 rings (SSSR count). The molecule has 7 heteroatoms. The monoisotopic (exact) mass is 1460 g/mol. The van der Waals surface area contributed by atoms with E-state index < -0.39 is 192 Å². The van der Waals surface area contributed by atoms with Crippen LogP contribution in [0.4, 0.5) is 34.1 Å². The number of rotatable bonds is 9. The number of hydrogen-bond acceptors (Lipinski definition) is 3. The van der Waals surface area contributed by atoms with Gasteiger partial charge >= 0.3 is 0 Å². The van der Waals surface area contributed by atoms with Gasteiger partial charge in [0, 0.05) is 81.9 Å². The van der Waals surface area contributed by atoms with E-state index in [0.717, 1.165) is 21.3 Å². The van der Waals surface area contributed by atoms with Crippen LogP contribution in [-0.2, 0) is 10.8 Å². The van der Waals surface area contributed by atoms with Crippen LogP contribution >= 0.6 is 0 Å². The Bertz CT molecular complexity index is 8240. The number of para-hydroxylation sites is 3. The number of nitrogens with zero attached hydrogens (tertiary/aromatic N) is 4. The average Bonchev–Trinajstić information content (AvgIpc) is 1.65. The van der Waals surface area contributed by atoms with Gasteiger partial charge in [-0.15, -0.1) is 0 Å². The van der Waals surface area contributed by atoms with Gasteiger partial charge in [-0.25, -0.2) is 0 Å². The molecule has 16 aromatic carbocycles. The molecule has 2 aromatic heterocycles. The maximum atomic E-state index is 12.0. The zero-order valence-corrected chi connectivity index (χ0v) is 61.6. The minimum atomic E-state index is -3.10. The van der Waals surface area contributed by atoms with Crippen molar-refractivity contribution in [3.8, 4) is 89.6 Å². The third-order valence-corrected chi connectivity index (χ3v) is 22.6. The number of benzene rings is 16. The van der Waals surface area contributed by atoms with E-state index in [0.29, 0.717) is 61.2 Å². The van der Waals surface area contributed by atoms with Crippen LogP contribution in [-0.4, -0.2) is 22.6 Å². The van der Waals surface area contributed by atoms with Crippen LogP contribution in [0.15, 0.2) is 345 Å². The summed E-state index contributed by atoms with van der Waals surface area (Å²) in [6.07, 6.45) is 0. The molecule has 6 heterocycles. The molecule has 0 N–H and O–H groups in total. The largest absolute Gasteiger partial charge is 0.456 e. The van der Waals surface area contributed by atoms with Crippen LogP contribution in [0.2, 0.25) is 0 Å². The summed E-state index contributed by atoms with van der Waals surface area (Å²) in [6, 6.07) is 50.5. The van der Waals surface area contributed by atoms with Gasteiger partial charge < -0.3 is 23.7 Å². The number of aryl methyl sites for hydroxylation is 1. The van der Waals surface area contributed by atoms with Crippen molar-refractivity contribution in [2.24, 2.45) is 0 Å². The maximum Gasteiger partial charge on any atom is 0.256 e. The molecule has 0 saturated heterocycles. The minimum Gasteiger partial charge on any atom is -0.456 e. The fraction of sp³-hybridized carbons (Fsp3) is 0.0857. The van der Waals surface area contributed by atoms with Crippen LogP contribution < -0.4 is 47.3 Å². The molecule has 0 bridgehead atoms. The number of fused-ring (bicyclic) bond motifs is 15. The van der Waals surface area contributed by atoms with Gasteiger partial charge in [0.15, 0.2) is 0 Å². The Morgan fingerprint density at radius 2 is 0.839 bits per heavy atom. The average molecular weight is 1460 g/mol. The molecule has 18 aromatic rings. The highest BCUT2D eigenvalue weighted by molar-refractivity contribution is 7.02. The van der Waals surface area contributed by atoms with E-state index in [1.54, 1.807) is 27.7 Å². The summed E-state index contributed by atoms with van der Waals surface area (Å²) in [5.41, 5.74) is 5.23. The highest BCUT2D eigenvalue weighted by atomic mass is 16.5. The summed E-state index contributed by atoms with van der Waals surface area (Å²) in [6.45, 7) is 6.48. The van der Waals surface area contributed by atoms with Gasteiger partial charge in [-0.3, -0.25) is 0 Å². The lowest BCUT2D eigenvalue weighted by molar-refractivity contribution is 0.489. The molecule has 5 nitrogen and oxygen atoms in total. The molecule has 0 spiro atoms. The molecule has 0 unspecified atom stereocenters. The van der Waals surface area contributed by atoms with Crippen molar-refractivity contribution in [2.45, 2.75) is 59.2 Å².